The van der Waals surface area contributed by atoms with Crippen molar-refractivity contribution in [2.75, 3.05) is 6.61 Å². The van der Waals surface area contributed by atoms with Crippen LogP contribution in [0.1, 0.15) is 52.4 Å². The van der Waals surface area contributed by atoms with Crippen LogP contribution in [0.3, 0.4) is 0 Å². The maximum absolute atomic E-state index is 11.5. The maximum Gasteiger partial charge on any atom is 0.407 e. The van der Waals surface area contributed by atoms with Crippen molar-refractivity contribution in [1.29, 1.82) is 0 Å². The average molecular weight is 228 g/mol. The summed E-state index contributed by atoms with van der Waals surface area (Å²) in [5, 5.41) is 2.88. The van der Waals surface area contributed by atoms with Crippen molar-refractivity contribution in [2.45, 2.75) is 64.0 Å². The van der Waals surface area contributed by atoms with Gasteiger partial charge in [-0.2, -0.15) is 0 Å². The predicted octanol–water partition coefficient (Wildman–Crippen LogP) is 2.17. The largest absolute Gasteiger partial charge is 0.448 e. The number of hydrogen-bond donors (Lipinski definition) is 2. The zero-order valence-corrected chi connectivity index (χ0v) is 10.4. The quantitative estimate of drug-likeness (QED) is 0.758. The SMILES string of the molecule is CCC(N)(CC)COC(=O)NC1CCCC1. The summed E-state index contributed by atoms with van der Waals surface area (Å²) >= 11 is 0. The van der Waals surface area contributed by atoms with Crippen LogP contribution in [0.4, 0.5) is 4.79 Å². The van der Waals surface area contributed by atoms with E-state index in [0.717, 1.165) is 25.7 Å². The molecule has 1 aliphatic carbocycles. The van der Waals surface area contributed by atoms with Gasteiger partial charge >= 0.3 is 6.09 Å². The molecule has 16 heavy (non-hydrogen) atoms. The second-order valence-corrected chi connectivity index (χ2v) is 4.77. The third-order valence-corrected chi connectivity index (χ3v) is 3.58. The lowest BCUT2D eigenvalue weighted by Crippen LogP contribution is -2.45. The van der Waals surface area contributed by atoms with Crippen LogP contribution in [0, 0.1) is 0 Å². The molecule has 0 radical (unpaired) electrons. The molecule has 1 aliphatic rings. The van der Waals surface area contributed by atoms with Gasteiger partial charge in [0.15, 0.2) is 0 Å². The van der Waals surface area contributed by atoms with E-state index in [1.165, 1.54) is 12.8 Å². The summed E-state index contributed by atoms with van der Waals surface area (Å²) < 4.78 is 5.18. The molecule has 1 saturated carbocycles. The van der Waals surface area contributed by atoms with E-state index in [9.17, 15) is 4.79 Å². The molecule has 3 N–H and O–H groups in total. The fourth-order valence-electron chi connectivity index (χ4n) is 1.94. The summed E-state index contributed by atoms with van der Waals surface area (Å²) in [4.78, 5) is 11.5. The Balaban J connectivity index is 2.23. The van der Waals surface area contributed by atoms with Gasteiger partial charge in [0.1, 0.15) is 6.61 Å². The molecule has 0 bridgehead atoms. The highest BCUT2D eigenvalue weighted by Crippen LogP contribution is 2.18. The Morgan fingerprint density at radius 1 is 1.38 bits per heavy atom. The van der Waals surface area contributed by atoms with Gasteiger partial charge in [-0.25, -0.2) is 4.79 Å². The lowest BCUT2D eigenvalue weighted by molar-refractivity contribution is 0.110. The van der Waals surface area contributed by atoms with E-state index < -0.39 is 0 Å². The second-order valence-electron chi connectivity index (χ2n) is 4.77. The molecule has 4 nitrogen and oxygen atoms in total. The lowest BCUT2D eigenvalue weighted by Gasteiger charge is -2.26. The highest BCUT2D eigenvalue weighted by molar-refractivity contribution is 5.67. The van der Waals surface area contributed by atoms with E-state index in [1.54, 1.807) is 0 Å². The molecular weight excluding hydrogens is 204 g/mol. The molecule has 0 spiro atoms. The molecule has 0 heterocycles. The fourth-order valence-corrected chi connectivity index (χ4v) is 1.94. The van der Waals surface area contributed by atoms with Gasteiger partial charge in [0.2, 0.25) is 0 Å². The van der Waals surface area contributed by atoms with Gasteiger partial charge in [-0.1, -0.05) is 26.7 Å². The normalized spacial score (nSPS) is 17.4. The number of carbonyl (C=O) groups excluding carboxylic acids is 1. The molecule has 4 heteroatoms. The van der Waals surface area contributed by atoms with Crippen LogP contribution in [-0.2, 0) is 4.74 Å². The third-order valence-electron chi connectivity index (χ3n) is 3.58. The highest BCUT2D eigenvalue weighted by atomic mass is 16.5. The maximum atomic E-state index is 11.5. The second kappa shape index (κ2) is 6.09. The van der Waals surface area contributed by atoms with Gasteiger partial charge in [-0.15, -0.1) is 0 Å². The first-order chi connectivity index (χ1) is 7.59. The third kappa shape index (κ3) is 4.00. The van der Waals surface area contributed by atoms with Crippen LogP contribution in [-0.4, -0.2) is 24.3 Å². The predicted molar refractivity (Wildman–Crippen MR) is 64.2 cm³/mol. The van der Waals surface area contributed by atoms with Crippen LogP contribution < -0.4 is 11.1 Å². The number of nitrogens with two attached hydrogens (primary N) is 1. The molecule has 1 amide bonds. The molecule has 0 saturated heterocycles. The monoisotopic (exact) mass is 228 g/mol. The Labute approximate surface area is 97.9 Å². The number of rotatable bonds is 5. The van der Waals surface area contributed by atoms with Crippen molar-refractivity contribution in [3.63, 3.8) is 0 Å². The van der Waals surface area contributed by atoms with E-state index in [0.29, 0.717) is 12.6 Å². The van der Waals surface area contributed by atoms with E-state index in [1.807, 2.05) is 13.8 Å². The van der Waals surface area contributed by atoms with Gasteiger partial charge in [0.05, 0.1) is 0 Å². The smallest absolute Gasteiger partial charge is 0.407 e. The van der Waals surface area contributed by atoms with Gasteiger partial charge in [0, 0.05) is 11.6 Å². The zero-order valence-electron chi connectivity index (χ0n) is 10.4. The first kappa shape index (κ1) is 13.3. The average Bonchev–Trinajstić information content (AvgIpc) is 2.79. The number of nitrogens with one attached hydrogen (secondary N) is 1. The summed E-state index contributed by atoms with van der Waals surface area (Å²) in [6.45, 7) is 4.34. The Morgan fingerprint density at radius 2 is 1.94 bits per heavy atom. The first-order valence-corrected chi connectivity index (χ1v) is 6.32. The summed E-state index contributed by atoms with van der Waals surface area (Å²) in [5.74, 6) is 0. The van der Waals surface area contributed by atoms with Crippen LogP contribution in [0.15, 0.2) is 0 Å². The summed E-state index contributed by atoms with van der Waals surface area (Å²) in [5.41, 5.74) is 5.68. The molecule has 0 aromatic rings. The Bertz CT molecular complexity index is 221. The minimum Gasteiger partial charge on any atom is -0.448 e. The van der Waals surface area contributed by atoms with Crippen molar-refractivity contribution >= 4 is 6.09 Å². The molecule has 0 atom stereocenters. The van der Waals surface area contributed by atoms with Gasteiger partial charge < -0.3 is 15.8 Å². The van der Waals surface area contributed by atoms with Crippen molar-refractivity contribution in [3.05, 3.63) is 0 Å². The van der Waals surface area contributed by atoms with Crippen molar-refractivity contribution in [3.8, 4) is 0 Å². The first-order valence-electron chi connectivity index (χ1n) is 6.32. The van der Waals surface area contributed by atoms with Crippen LogP contribution in [0.2, 0.25) is 0 Å². The van der Waals surface area contributed by atoms with Crippen molar-refractivity contribution in [2.24, 2.45) is 5.73 Å². The minimum absolute atomic E-state index is 0.304. The number of hydrogen-bond acceptors (Lipinski definition) is 3. The zero-order chi connectivity index (χ0) is 12.0. The van der Waals surface area contributed by atoms with Crippen LogP contribution >= 0.6 is 0 Å². The molecular formula is C12H24N2O2. The molecule has 1 fully saturated rings. The molecule has 94 valence electrons. The summed E-state index contributed by atoms with van der Waals surface area (Å²) in [6, 6.07) is 0.308. The molecule has 0 aliphatic heterocycles. The van der Waals surface area contributed by atoms with Crippen LogP contribution in [0.25, 0.3) is 0 Å². The van der Waals surface area contributed by atoms with Crippen molar-refractivity contribution < 1.29 is 9.53 Å². The van der Waals surface area contributed by atoms with E-state index in [2.05, 4.69) is 5.32 Å². The molecule has 0 unspecified atom stereocenters. The number of amides is 1. The highest BCUT2D eigenvalue weighted by Gasteiger charge is 2.23. The number of ether oxygens (including phenoxy) is 1. The summed E-state index contributed by atoms with van der Waals surface area (Å²) in [7, 11) is 0. The van der Waals surface area contributed by atoms with E-state index in [-0.39, 0.29) is 11.6 Å². The van der Waals surface area contributed by atoms with Gasteiger partial charge in [-0.3, -0.25) is 0 Å². The standard InChI is InChI=1S/C12H24N2O2/c1-3-12(13,4-2)9-16-11(15)14-10-7-5-6-8-10/h10H,3-9,13H2,1-2H3,(H,14,15). The number of alkyl carbamates (subject to hydrolysis) is 1. The topological polar surface area (TPSA) is 64.3 Å². The lowest BCUT2D eigenvalue weighted by atomic mass is 9.96. The Morgan fingerprint density at radius 3 is 2.44 bits per heavy atom. The molecule has 1 rings (SSSR count). The van der Waals surface area contributed by atoms with Crippen molar-refractivity contribution in [1.82, 2.24) is 5.32 Å². The molecule has 0 aromatic carbocycles. The number of carbonyl (C=O) groups is 1. The fraction of sp³-hybridized carbons (Fsp3) is 0.917. The molecule has 0 aromatic heterocycles. The van der Waals surface area contributed by atoms with E-state index in [4.69, 9.17) is 10.5 Å². The Hall–Kier alpha value is -0.770. The minimum atomic E-state index is -0.368. The summed E-state index contributed by atoms with van der Waals surface area (Å²) in [6.07, 6.45) is 5.88. The Kier molecular flexibility index (Phi) is 5.06. The van der Waals surface area contributed by atoms with Gasteiger partial charge in [-0.05, 0) is 25.7 Å². The van der Waals surface area contributed by atoms with Crippen LogP contribution in [0.5, 0.6) is 0 Å². The van der Waals surface area contributed by atoms with Gasteiger partial charge in [0.25, 0.3) is 0 Å². The van der Waals surface area contributed by atoms with E-state index >= 15 is 0 Å².